The molecule has 3 aromatic carbocycles. The van der Waals surface area contributed by atoms with Gasteiger partial charge in [0.05, 0.1) is 17.3 Å². The lowest BCUT2D eigenvalue weighted by molar-refractivity contribution is -0.275. The van der Waals surface area contributed by atoms with E-state index in [2.05, 4.69) is 23.6 Å². The van der Waals surface area contributed by atoms with Crippen LogP contribution in [-0.2, 0) is 33.6 Å². The smallest absolute Gasteiger partial charge is 0.507 e. The molecule has 3 aliphatic rings. The van der Waals surface area contributed by atoms with E-state index >= 15 is 9.59 Å². The Labute approximate surface area is 402 Å². The van der Waals surface area contributed by atoms with E-state index in [4.69, 9.17) is 23.2 Å². The zero-order valence-electron chi connectivity index (χ0n) is 40.2. The number of benzene rings is 3. The molecule has 7 rings (SSSR count). The molecule has 4 atom stereocenters. The van der Waals surface area contributed by atoms with Crippen molar-refractivity contribution in [3.8, 4) is 17.4 Å². The lowest BCUT2D eigenvalue weighted by Gasteiger charge is -2.55. The van der Waals surface area contributed by atoms with Gasteiger partial charge in [-0.2, -0.15) is 0 Å². The van der Waals surface area contributed by atoms with Crippen LogP contribution in [0.15, 0.2) is 102 Å². The lowest BCUT2D eigenvalue weighted by Crippen LogP contribution is -2.68. The summed E-state index contributed by atoms with van der Waals surface area (Å²) < 4.78 is 74.2. The number of ketones is 2. The van der Waals surface area contributed by atoms with Crippen LogP contribution in [0.2, 0.25) is 18.1 Å². The van der Waals surface area contributed by atoms with E-state index in [1.165, 1.54) is 0 Å². The number of fused-ring (bicyclic) bond motifs is 4. The average Bonchev–Trinajstić information content (AvgIpc) is 3.71. The number of carbonyl (C=O) groups excluding carboxylic acids is 3. The molecule has 1 amide bonds. The summed E-state index contributed by atoms with van der Waals surface area (Å²) >= 11 is 0. The molecule has 2 N–H and O–H groups in total. The molecular weight excluding hydrogens is 908 g/mol. The SMILES string of the molecule is C=CCN(CC=C)[C@@H]1c2onc(OCc3ccccc3)c2C(=O)[C@@]2(O[Si](C)(C)C(C)(C)C)C(=O)C3=C(O)c4c(c(OC(F)(F)F)cc(NC(=O)CCCCCC)c4OCc4ccccc4)C[C@H]3C[C@@H]12. The van der Waals surface area contributed by atoms with Crippen molar-refractivity contribution in [1.82, 2.24) is 10.1 Å². The summed E-state index contributed by atoms with van der Waals surface area (Å²) in [6, 6.07) is 18.3. The van der Waals surface area contributed by atoms with Gasteiger partial charge in [-0.25, -0.2) is 0 Å². The number of hydrogen-bond donors (Lipinski definition) is 2. The molecule has 0 spiro atoms. The van der Waals surface area contributed by atoms with Gasteiger partial charge in [0.25, 0.3) is 5.88 Å². The van der Waals surface area contributed by atoms with Gasteiger partial charge in [0, 0.05) is 42.6 Å². The van der Waals surface area contributed by atoms with Crippen LogP contribution >= 0.6 is 0 Å². The third kappa shape index (κ3) is 10.3. The van der Waals surface area contributed by atoms with Gasteiger partial charge in [-0.05, 0) is 59.6 Å². The van der Waals surface area contributed by atoms with E-state index in [0.29, 0.717) is 12.0 Å². The number of aromatic nitrogens is 1. The predicted octanol–water partition coefficient (Wildman–Crippen LogP) is 12.0. The highest BCUT2D eigenvalue weighted by Crippen LogP contribution is 2.60. The molecule has 0 saturated heterocycles. The van der Waals surface area contributed by atoms with Crippen molar-refractivity contribution in [3.63, 3.8) is 0 Å². The van der Waals surface area contributed by atoms with E-state index in [9.17, 15) is 23.1 Å². The molecular formula is C53H62F3N3O9Si. The average molecular weight is 970 g/mol. The standard InChI is InChI=1S/C53H62F3N3O9Si/c1-9-12-13-20-25-40(60)57-38-30-39(66-53(54,55)56)36-28-35-29-37-44(59(26-10-2)27-11-3)47-43(50(58-67-47)65-32-34-23-18-15-19-24-34)49(63)52(37,68-69(7,8)51(4,5)6)48(62)41(35)45(61)42(36)46(38)64-31-33-21-16-14-17-22-33/h10-11,14-19,21-24,30,35,37,44,61H,2-3,9,12-13,20,25-29,31-32H2,1,4-8H3,(H,57,60)/t35-,37-,44-,52-/m0/s1. The van der Waals surface area contributed by atoms with E-state index in [1.54, 1.807) is 36.4 Å². The van der Waals surface area contributed by atoms with Gasteiger partial charge in [-0.1, -0.05) is 120 Å². The molecule has 69 heavy (non-hydrogen) atoms. The summed E-state index contributed by atoms with van der Waals surface area (Å²) in [5.74, 6) is -5.76. The zero-order valence-corrected chi connectivity index (χ0v) is 41.2. The van der Waals surface area contributed by atoms with Crippen LogP contribution < -0.4 is 19.5 Å². The van der Waals surface area contributed by atoms with Crippen LogP contribution in [-0.4, -0.2) is 66.0 Å². The summed E-state index contributed by atoms with van der Waals surface area (Å²) in [5, 5.41) is 19.3. The Morgan fingerprint density at radius 1 is 0.942 bits per heavy atom. The number of nitrogens with zero attached hydrogens (tertiary/aromatic N) is 2. The maximum atomic E-state index is 16.3. The van der Waals surface area contributed by atoms with Gasteiger partial charge < -0.3 is 33.6 Å². The summed E-state index contributed by atoms with van der Waals surface area (Å²) in [7, 11) is -3.19. The molecule has 0 unspecified atom stereocenters. The number of amides is 1. The van der Waals surface area contributed by atoms with Crippen molar-refractivity contribution in [1.29, 1.82) is 0 Å². The third-order valence-electron chi connectivity index (χ3n) is 13.8. The van der Waals surface area contributed by atoms with Crippen molar-refractivity contribution in [2.45, 2.75) is 122 Å². The van der Waals surface area contributed by atoms with Gasteiger partial charge in [0.1, 0.15) is 30.3 Å². The summed E-state index contributed by atoms with van der Waals surface area (Å²) in [4.78, 5) is 47.7. The van der Waals surface area contributed by atoms with Crippen LogP contribution in [0.4, 0.5) is 18.9 Å². The zero-order chi connectivity index (χ0) is 49.9. The molecule has 12 nitrogen and oxygen atoms in total. The number of halogens is 3. The minimum atomic E-state index is -5.20. The fourth-order valence-electron chi connectivity index (χ4n) is 9.55. The molecule has 1 fully saturated rings. The first kappa shape index (κ1) is 50.9. The highest BCUT2D eigenvalue weighted by Gasteiger charge is 2.69. The number of alkyl halides is 3. The van der Waals surface area contributed by atoms with Crippen LogP contribution in [0.3, 0.4) is 0 Å². The second kappa shape index (κ2) is 20.5. The number of nitrogens with one attached hydrogen (secondary N) is 1. The monoisotopic (exact) mass is 969 g/mol. The van der Waals surface area contributed by atoms with Crippen molar-refractivity contribution in [2.24, 2.45) is 11.8 Å². The Hall–Kier alpha value is -5.97. The topological polar surface area (TPSA) is 150 Å². The fraction of sp³-hybridized carbons (Fsp3) is 0.434. The van der Waals surface area contributed by atoms with Gasteiger partial charge in [0.2, 0.25) is 17.5 Å². The molecule has 368 valence electrons. The molecule has 3 aliphatic carbocycles. The fourth-order valence-corrected chi connectivity index (χ4v) is 11.0. The molecule has 1 heterocycles. The van der Waals surface area contributed by atoms with E-state index < -0.39 is 72.2 Å². The first-order valence-corrected chi connectivity index (χ1v) is 26.4. The maximum absolute atomic E-state index is 16.3. The van der Waals surface area contributed by atoms with Gasteiger partial charge in [0.15, 0.2) is 25.4 Å². The van der Waals surface area contributed by atoms with E-state index in [-0.39, 0.29) is 90.9 Å². The summed E-state index contributed by atoms with van der Waals surface area (Å²) in [6.45, 7) is 20.1. The van der Waals surface area contributed by atoms with E-state index in [0.717, 1.165) is 30.9 Å². The molecule has 1 aromatic heterocycles. The number of carbonyl (C=O) groups is 3. The Kier molecular flexibility index (Phi) is 15.2. The molecule has 1 saturated carbocycles. The van der Waals surface area contributed by atoms with Crippen LogP contribution in [0, 0.1) is 11.8 Å². The molecule has 4 aromatic rings. The van der Waals surface area contributed by atoms with Gasteiger partial charge in [-0.15, -0.1) is 26.3 Å². The Morgan fingerprint density at radius 2 is 1.57 bits per heavy atom. The quantitative estimate of drug-likeness (QED) is 0.0377. The first-order valence-electron chi connectivity index (χ1n) is 23.5. The van der Waals surface area contributed by atoms with Crippen molar-refractivity contribution in [3.05, 3.63) is 131 Å². The van der Waals surface area contributed by atoms with Crippen LogP contribution in [0.25, 0.3) is 5.76 Å². The number of aliphatic hydroxyl groups excluding tert-OH is 1. The van der Waals surface area contributed by atoms with Crippen LogP contribution in [0.1, 0.15) is 111 Å². The number of anilines is 1. The molecule has 0 bridgehead atoms. The van der Waals surface area contributed by atoms with Crippen LogP contribution in [0.5, 0.6) is 17.4 Å². The Morgan fingerprint density at radius 3 is 2.14 bits per heavy atom. The molecule has 0 aliphatic heterocycles. The summed E-state index contributed by atoms with van der Waals surface area (Å²) in [5.41, 5.74) is -1.77. The first-order chi connectivity index (χ1) is 32.8. The number of aliphatic hydroxyl groups is 1. The maximum Gasteiger partial charge on any atom is 0.573 e. The number of rotatable bonds is 20. The minimum Gasteiger partial charge on any atom is -0.507 e. The second-order valence-electron chi connectivity index (χ2n) is 19.5. The number of hydrogen-bond acceptors (Lipinski definition) is 11. The molecule has 16 heteroatoms. The second-order valence-corrected chi connectivity index (χ2v) is 24.2. The number of ether oxygens (including phenoxy) is 3. The van der Waals surface area contributed by atoms with Crippen molar-refractivity contribution < 1.29 is 55.8 Å². The minimum absolute atomic E-state index is 0.00472. The number of Topliss-reactive ketones (excluding diaryl/α,β-unsaturated/α-hetero) is 2. The van der Waals surface area contributed by atoms with Gasteiger partial charge >= 0.3 is 6.36 Å². The van der Waals surface area contributed by atoms with Crippen molar-refractivity contribution >= 4 is 37.2 Å². The predicted molar refractivity (Wildman–Crippen MR) is 258 cm³/mol. The lowest BCUT2D eigenvalue weighted by atomic mass is 9.57. The largest absolute Gasteiger partial charge is 0.573 e. The molecule has 0 radical (unpaired) electrons. The van der Waals surface area contributed by atoms with E-state index in [1.807, 2.05) is 82.1 Å². The third-order valence-corrected chi connectivity index (χ3v) is 18.2. The highest BCUT2D eigenvalue weighted by molar-refractivity contribution is 6.74. The summed E-state index contributed by atoms with van der Waals surface area (Å²) in [6.07, 6.45) is 0.987. The highest BCUT2D eigenvalue weighted by atomic mass is 28.4. The van der Waals surface area contributed by atoms with Gasteiger partial charge in [-0.3, -0.25) is 19.3 Å². The Balaban J connectivity index is 1.48. The Bertz CT molecular complexity index is 2580. The van der Waals surface area contributed by atoms with Crippen molar-refractivity contribution in [2.75, 3.05) is 18.4 Å². The normalized spacial score (nSPS) is 20.1. The number of unbranched alkanes of at least 4 members (excludes halogenated alkanes) is 3.